The van der Waals surface area contributed by atoms with Gasteiger partial charge in [0, 0.05) is 30.1 Å². The van der Waals surface area contributed by atoms with Crippen molar-refractivity contribution in [3.63, 3.8) is 0 Å². The third-order valence-electron chi connectivity index (χ3n) is 4.11. The van der Waals surface area contributed by atoms with Crippen molar-refractivity contribution in [1.82, 2.24) is 4.98 Å². The van der Waals surface area contributed by atoms with Crippen LogP contribution in [-0.2, 0) is 5.41 Å². The lowest BCUT2D eigenvalue weighted by Gasteiger charge is -2.31. The van der Waals surface area contributed by atoms with Gasteiger partial charge < -0.3 is 11.5 Å². The minimum absolute atomic E-state index is 0.157. The van der Waals surface area contributed by atoms with Gasteiger partial charge in [0.15, 0.2) is 0 Å². The molecule has 1 aromatic heterocycles. The fourth-order valence-electron chi connectivity index (χ4n) is 2.69. The van der Waals surface area contributed by atoms with Crippen molar-refractivity contribution in [1.29, 1.82) is 0 Å². The number of rotatable bonds is 3. The van der Waals surface area contributed by atoms with Gasteiger partial charge in [0.2, 0.25) is 0 Å². The molecule has 0 radical (unpaired) electrons. The molecule has 102 valence electrons. The molecule has 0 fully saturated rings. The smallest absolute Gasteiger partial charge is 0.0702 e. The molecule has 0 saturated heterocycles. The molecular formula is C17H19N3. The molecule has 20 heavy (non-hydrogen) atoms. The normalized spacial score (nSPS) is 22.0. The topological polar surface area (TPSA) is 64.9 Å². The van der Waals surface area contributed by atoms with Gasteiger partial charge in [-0.1, -0.05) is 36.4 Å². The first kappa shape index (κ1) is 13.0. The van der Waals surface area contributed by atoms with E-state index in [2.05, 4.69) is 35.3 Å². The Hall–Kier alpha value is -1.97. The molecule has 1 atom stereocenters. The Morgan fingerprint density at radius 2 is 2.05 bits per heavy atom. The van der Waals surface area contributed by atoms with Crippen molar-refractivity contribution >= 4 is 10.9 Å². The van der Waals surface area contributed by atoms with Crippen LogP contribution in [0, 0.1) is 0 Å². The van der Waals surface area contributed by atoms with Crippen molar-refractivity contribution in [2.45, 2.75) is 11.8 Å². The lowest BCUT2D eigenvalue weighted by atomic mass is 9.74. The second kappa shape index (κ2) is 5.19. The Morgan fingerprint density at radius 1 is 1.20 bits per heavy atom. The van der Waals surface area contributed by atoms with Crippen LogP contribution in [0.5, 0.6) is 0 Å². The van der Waals surface area contributed by atoms with Crippen molar-refractivity contribution in [2.24, 2.45) is 11.5 Å². The summed E-state index contributed by atoms with van der Waals surface area (Å²) in [4.78, 5) is 4.55. The van der Waals surface area contributed by atoms with Crippen molar-refractivity contribution in [2.75, 3.05) is 13.1 Å². The minimum atomic E-state index is -0.157. The highest BCUT2D eigenvalue weighted by atomic mass is 14.7. The fraction of sp³-hybridized carbons (Fsp3) is 0.235. The molecule has 1 aromatic carbocycles. The molecule has 3 rings (SSSR count). The summed E-state index contributed by atoms with van der Waals surface area (Å²) in [5.74, 6) is 0. The molecule has 0 spiro atoms. The van der Waals surface area contributed by atoms with E-state index in [9.17, 15) is 0 Å². The van der Waals surface area contributed by atoms with Crippen LogP contribution < -0.4 is 11.5 Å². The van der Waals surface area contributed by atoms with E-state index >= 15 is 0 Å². The molecule has 2 aromatic rings. The first-order chi connectivity index (χ1) is 9.77. The van der Waals surface area contributed by atoms with E-state index in [1.54, 1.807) is 0 Å². The molecule has 1 heterocycles. The van der Waals surface area contributed by atoms with Gasteiger partial charge >= 0.3 is 0 Å². The number of hydrogen-bond acceptors (Lipinski definition) is 3. The molecule has 0 bridgehead atoms. The maximum atomic E-state index is 6.06. The summed E-state index contributed by atoms with van der Waals surface area (Å²) < 4.78 is 0. The summed E-state index contributed by atoms with van der Waals surface area (Å²) in [5.41, 5.74) is 14.9. The molecule has 4 N–H and O–H groups in total. The molecule has 1 aliphatic rings. The second-order valence-electron chi connectivity index (χ2n) is 5.30. The number of para-hydroxylation sites is 1. The summed E-state index contributed by atoms with van der Waals surface area (Å²) in [6.07, 6.45) is 9.28. The number of aromatic nitrogens is 1. The van der Waals surface area contributed by atoms with Crippen LogP contribution in [0.4, 0.5) is 0 Å². The summed E-state index contributed by atoms with van der Waals surface area (Å²) in [6.45, 7) is 1.14. The van der Waals surface area contributed by atoms with Crippen LogP contribution in [0.1, 0.15) is 12.0 Å². The van der Waals surface area contributed by atoms with E-state index in [1.807, 2.05) is 24.4 Å². The first-order valence-electron chi connectivity index (χ1n) is 6.91. The van der Waals surface area contributed by atoms with Crippen molar-refractivity contribution in [3.05, 3.63) is 65.9 Å². The van der Waals surface area contributed by atoms with Crippen molar-refractivity contribution in [3.8, 4) is 0 Å². The van der Waals surface area contributed by atoms with Crippen LogP contribution >= 0.6 is 0 Å². The fourth-order valence-corrected chi connectivity index (χ4v) is 2.69. The average molecular weight is 265 g/mol. The Labute approximate surface area is 119 Å². The van der Waals surface area contributed by atoms with Gasteiger partial charge in [-0.3, -0.25) is 4.98 Å². The standard InChI is InChI=1S/C17H19N3/c18-10-13-5-7-17(12-19,8-6-13)15-9-14-3-1-2-4-16(14)20-11-15/h1-7,9,11H,8,10,12,18-19H2. The largest absolute Gasteiger partial charge is 0.329 e. The lowest BCUT2D eigenvalue weighted by molar-refractivity contribution is 0.546. The highest BCUT2D eigenvalue weighted by Crippen LogP contribution is 2.34. The molecule has 0 aliphatic heterocycles. The van der Waals surface area contributed by atoms with E-state index in [1.165, 1.54) is 11.1 Å². The Morgan fingerprint density at radius 3 is 2.75 bits per heavy atom. The zero-order valence-corrected chi connectivity index (χ0v) is 11.4. The van der Waals surface area contributed by atoms with Crippen molar-refractivity contribution < 1.29 is 0 Å². The highest BCUT2D eigenvalue weighted by molar-refractivity contribution is 5.79. The van der Waals surface area contributed by atoms with Gasteiger partial charge in [-0.25, -0.2) is 0 Å². The molecule has 0 amide bonds. The Kier molecular flexibility index (Phi) is 3.38. The maximum absolute atomic E-state index is 6.06. The van der Waals surface area contributed by atoms with Crippen LogP contribution in [0.3, 0.4) is 0 Å². The predicted molar refractivity (Wildman–Crippen MR) is 83.4 cm³/mol. The average Bonchev–Trinajstić information content (AvgIpc) is 2.54. The van der Waals surface area contributed by atoms with Gasteiger partial charge in [0.25, 0.3) is 0 Å². The van der Waals surface area contributed by atoms with E-state index in [0.717, 1.165) is 17.3 Å². The third kappa shape index (κ3) is 2.15. The first-order valence-corrected chi connectivity index (χ1v) is 6.91. The number of hydrogen-bond donors (Lipinski definition) is 2. The number of pyridine rings is 1. The van der Waals surface area contributed by atoms with Gasteiger partial charge in [-0.05, 0) is 29.7 Å². The molecule has 0 saturated carbocycles. The van der Waals surface area contributed by atoms with Crippen LogP contribution in [-0.4, -0.2) is 18.1 Å². The number of fused-ring (bicyclic) bond motifs is 1. The van der Waals surface area contributed by atoms with Gasteiger partial charge in [0.05, 0.1) is 5.52 Å². The predicted octanol–water partition coefficient (Wildman–Crippen LogP) is 2.28. The van der Waals surface area contributed by atoms with E-state index in [0.29, 0.717) is 13.1 Å². The maximum Gasteiger partial charge on any atom is 0.0702 e. The minimum Gasteiger partial charge on any atom is -0.329 e. The molecule has 3 heteroatoms. The summed E-state index contributed by atoms with van der Waals surface area (Å²) in [5, 5.41) is 1.15. The van der Waals surface area contributed by atoms with Gasteiger partial charge in [-0.15, -0.1) is 0 Å². The summed E-state index contributed by atoms with van der Waals surface area (Å²) in [7, 11) is 0. The number of allylic oxidation sites excluding steroid dienone is 1. The van der Waals surface area contributed by atoms with Crippen LogP contribution in [0.25, 0.3) is 10.9 Å². The third-order valence-corrected chi connectivity index (χ3v) is 4.11. The highest BCUT2D eigenvalue weighted by Gasteiger charge is 2.29. The SMILES string of the molecule is NCC1=CCC(CN)(c2cnc3ccccc3c2)C=C1. The van der Waals surface area contributed by atoms with E-state index in [-0.39, 0.29) is 5.41 Å². The zero-order chi connectivity index (χ0) is 14.0. The number of nitrogens with two attached hydrogens (primary N) is 2. The van der Waals surface area contributed by atoms with Crippen LogP contribution in [0.2, 0.25) is 0 Å². The molecular weight excluding hydrogens is 246 g/mol. The van der Waals surface area contributed by atoms with E-state index in [4.69, 9.17) is 11.5 Å². The molecule has 1 aliphatic carbocycles. The zero-order valence-electron chi connectivity index (χ0n) is 11.4. The van der Waals surface area contributed by atoms with Gasteiger partial charge in [0.1, 0.15) is 0 Å². The number of benzene rings is 1. The Bertz CT molecular complexity index is 687. The Balaban J connectivity index is 2.04. The molecule has 3 nitrogen and oxygen atoms in total. The lowest BCUT2D eigenvalue weighted by Crippen LogP contribution is -2.34. The van der Waals surface area contributed by atoms with Gasteiger partial charge in [-0.2, -0.15) is 0 Å². The quantitative estimate of drug-likeness (QED) is 0.894. The second-order valence-corrected chi connectivity index (χ2v) is 5.30. The monoisotopic (exact) mass is 265 g/mol. The summed E-state index contributed by atoms with van der Waals surface area (Å²) >= 11 is 0. The van der Waals surface area contributed by atoms with Crippen LogP contribution in [0.15, 0.2) is 60.3 Å². The molecule has 1 unspecified atom stereocenters. The van der Waals surface area contributed by atoms with E-state index < -0.39 is 0 Å². The number of nitrogens with zero attached hydrogens (tertiary/aromatic N) is 1. The summed E-state index contributed by atoms with van der Waals surface area (Å²) in [6, 6.07) is 10.3.